The van der Waals surface area contributed by atoms with Crippen molar-refractivity contribution in [2.75, 3.05) is 5.32 Å². The Morgan fingerprint density at radius 2 is 1.73 bits per heavy atom. The summed E-state index contributed by atoms with van der Waals surface area (Å²) in [5, 5.41) is 15.4. The number of hydrogen-bond acceptors (Lipinski definition) is 4. The smallest absolute Gasteiger partial charge is 0.257 e. The molecule has 7 heteroatoms. The average molecular weight is 387 g/mol. The number of carbonyl (C=O) groups is 1. The summed E-state index contributed by atoms with van der Waals surface area (Å²) < 4.78 is 5.49. The van der Waals surface area contributed by atoms with E-state index in [-0.39, 0.29) is 17.6 Å². The third-order valence-electron chi connectivity index (χ3n) is 3.58. The van der Waals surface area contributed by atoms with Crippen LogP contribution < -0.4 is 10.6 Å². The van der Waals surface area contributed by atoms with E-state index in [1.165, 1.54) is 0 Å². The number of aliphatic hydroxyl groups is 1. The maximum atomic E-state index is 12.1. The van der Waals surface area contributed by atoms with E-state index < -0.39 is 0 Å². The molecule has 3 aromatic rings. The Labute approximate surface area is 160 Å². The number of furan rings is 1. The van der Waals surface area contributed by atoms with Crippen LogP contribution in [0.4, 0.5) is 5.69 Å². The Balaban J connectivity index is 1.60. The van der Waals surface area contributed by atoms with Crippen LogP contribution in [0.15, 0.2) is 65.1 Å². The molecular formula is C19H15ClN2O3S. The Morgan fingerprint density at radius 3 is 2.35 bits per heavy atom. The van der Waals surface area contributed by atoms with Gasteiger partial charge in [-0.3, -0.25) is 10.1 Å². The normalized spacial score (nSPS) is 10.4. The summed E-state index contributed by atoms with van der Waals surface area (Å²) in [4.78, 5) is 12.1. The van der Waals surface area contributed by atoms with Crippen LogP contribution >= 0.6 is 23.8 Å². The van der Waals surface area contributed by atoms with Gasteiger partial charge in [0.1, 0.15) is 18.1 Å². The molecule has 2 aromatic carbocycles. The van der Waals surface area contributed by atoms with Gasteiger partial charge in [0, 0.05) is 21.8 Å². The van der Waals surface area contributed by atoms with E-state index in [9.17, 15) is 4.79 Å². The topological polar surface area (TPSA) is 74.5 Å². The van der Waals surface area contributed by atoms with Gasteiger partial charge in [-0.2, -0.15) is 0 Å². The van der Waals surface area contributed by atoms with Crippen LogP contribution in [-0.2, 0) is 6.61 Å². The first-order valence-corrected chi connectivity index (χ1v) is 8.51. The van der Waals surface area contributed by atoms with Gasteiger partial charge in [-0.05, 0) is 72.9 Å². The zero-order valence-electron chi connectivity index (χ0n) is 13.5. The second-order valence-electron chi connectivity index (χ2n) is 5.42. The summed E-state index contributed by atoms with van der Waals surface area (Å²) in [7, 11) is 0. The molecule has 0 saturated heterocycles. The minimum Gasteiger partial charge on any atom is -0.459 e. The Kier molecular flexibility index (Phi) is 5.68. The number of anilines is 1. The van der Waals surface area contributed by atoms with Gasteiger partial charge in [0.05, 0.1) is 0 Å². The fraction of sp³-hybridized carbons (Fsp3) is 0.0526. The highest BCUT2D eigenvalue weighted by molar-refractivity contribution is 7.80. The summed E-state index contributed by atoms with van der Waals surface area (Å²) in [6, 6.07) is 17.4. The van der Waals surface area contributed by atoms with Gasteiger partial charge >= 0.3 is 0 Å². The molecular weight excluding hydrogens is 372 g/mol. The van der Waals surface area contributed by atoms with Crippen molar-refractivity contribution in [1.82, 2.24) is 5.32 Å². The quantitative estimate of drug-likeness (QED) is 0.585. The van der Waals surface area contributed by atoms with E-state index in [2.05, 4.69) is 10.6 Å². The highest BCUT2D eigenvalue weighted by atomic mass is 35.5. The Bertz CT molecular complexity index is 921. The first kappa shape index (κ1) is 18.1. The fourth-order valence-corrected chi connectivity index (χ4v) is 2.61. The second kappa shape index (κ2) is 8.14. The van der Waals surface area contributed by atoms with Crippen molar-refractivity contribution in [2.45, 2.75) is 6.61 Å². The van der Waals surface area contributed by atoms with E-state index in [1.807, 2.05) is 24.3 Å². The minimum absolute atomic E-state index is 0.138. The SMILES string of the molecule is O=C(NC(=S)Nc1ccc(-c2ccc(CO)o2)cc1)c1ccc(Cl)cc1. The molecule has 0 aliphatic rings. The van der Waals surface area contributed by atoms with E-state index in [0.29, 0.717) is 22.1 Å². The van der Waals surface area contributed by atoms with Crippen LogP contribution in [0.5, 0.6) is 0 Å². The number of amides is 1. The average Bonchev–Trinajstić information content (AvgIpc) is 3.12. The minimum atomic E-state index is -0.317. The monoisotopic (exact) mass is 386 g/mol. The fourth-order valence-electron chi connectivity index (χ4n) is 2.27. The molecule has 0 aliphatic heterocycles. The van der Waals surface area contributed by atoms with Gasteiger partial charge in [0.15, 0.2) is 5.11 Å². The van der Waals surface area contributed by atoms with Gasteiger partial charge in [-0.25, -0.2) is 0 Å². The first-order valence-electron chi connectivity index (χ1n) is 7.73. The predicted molar refractivity (Wildman–Crippen MR) is 105 cm³/mol. The lowest BCUT2D eigenvalue weighted by atomic mass is 10.1. The number of rotatable bonds is 4. The van der Waals surface area contributed by atoms with Gasteiger partial charge in [-0.15, -0.1) is 0 Å². The maximum Gasteiger partial charge on any atom is 0.257 e. The molecule has 1 aromatic heterocycles. The lowest BCUT2D eigenvalue weighted by molar-refractivity contribution is 0.0977. The van der Waals surface area contributed by atoms with Crippen LogP contribution in [-0.4, -0.2) is 16.1 Å². The molecule has 0 fully saturated rings. The van der Waals surface area contributed by atoms with Gasteiger partial charge in [-0.1, -0.05) is 11.6 Å². The molecule has 0 atom stereocenters. The van der Waals surface area contributed by atoms with Crippen LogP contribution in [0.2, 0.25) is 5.02 Å². The summed E-state index contributed by atoms with van der Waals surface area (Å²) in [6.07, 6.45) is 0. The van der Waals surface area contributed by atoms with Gasteiger partial charge in [0.25, 0.3) is 5.91 Å². The molecule has 0 aliphatic carbocycles. The third kappa shape index (κ3) is 4.49. The highest BCUT2D eigenvalue weighted by Gasteiger charge is 2.08. The molecule has 0 radical (unpaired) electrons. The van der Waals surface area contributed by atoms with Crippen LogP contribution in [0.3, 0.4) is 0 Å². The van der Waals surface area contributed by atoms with E-state index in [0.717, 1.165) is 11.3 Å². The van der Waals surface area contributed by atoms with Crippen LogP contribution in [0.1, 0.15) is 16.1 Å². The summed E-state index contributed by atoms with van der Waals surface area (Å²) in [6.45, 7) is -0.138. The van der Waals surface area contributed by atoms with E-state index >= 15 is 0 Å². The Hall–Kier alpha value is -2.67. The molecule has 3 rings (SSSR count). The summed E-state index contributed by atoms with van der Waals surface area (Å²) in [5.74, 6) is 0.857. The number of carbonyl (C=O) groups excluding carboxylic acids is 1. The zero-order chi connectivity index (χ0) is 18.5. The second-order valence-corrected chi connectivity index (χ2v) is 6.26. The number of thiocarbonyl (C=S) groups is 1. The van der Waals surface area contributed by atoms with Gasteiger partial charge in [0.2, 0.25) is 0 Å². The van der Waals surface area contributed by atoms with Crippen molar-refractivity contribution >= 4 is 40.5 Å². The van der Waals surface area contributed by atoms with Crippen molar-refractivity contribution in [3.05, 3.63) is 77.0 Å². The lowest BCUT2D eigenvalue weighted by Gasteiger charge is -2.10. The van der Waals surface area contributed by atoms with Crippen molar-refractivity contribution in [1.29, 1.82) is 0 Å². The van der Waals surface area contributed by atoms with Crippen molar-refractivity contribution in [2.24, 2.45) is 0 Å². The molecule has 0 unspecified atom stereocenters. The molecule has 3 N–H and O–H groups in total. The summed E-state index contributed by atoms with van der Waals surface area (Å²) >= 11 is 11.0. The number of hydrogen-bond donors (Lipinski definition) is 3. The van der Waals surface area contributed by atoms with E-state index in [4.69, 9.17) is 33.3 Å². The lowest BCUT2D eigenvalue weighted by Crippen LogP contribution is -2.34. The molecule has 1 heterocycles. The third-order valence-corrected chi connectivity index (χ3v) is 4.03. The van der Waals surface area contributed by atoms with Crippen molar-refractivity contribution in [3.63, 3.8) is 0 Å². The van der Waals surface area contributed by atoms with Crippen molar-refractivity contribution < 1.29 is 14.3 Å². The van der Waals surface area contributed by atoms with E-state index in [1.54, 1.807) is 36.4 Å². The van der Waals surface area contributed by atoms with Crippen LogP contribution in [0.25, 0.3) is 11.3 Å². The predicted octanol–water partition coefficient (Wildman–Crippen LogP) is 4.22. The largest absolute Gasteiger partial charge is 0.459 e. The molecule has 0 saturated carbocycles. The molecule has 0 spiro atoms. The van der Waals surface area contributed by atoms with Crippen molar-refractivity contribution in [3.8, 4) is 11.3 Å². The molecule has 26 heavy (non-hydrogen) atoms. The number of aliphatic hydroxyl groups excluding tert-OH is 1. The Morgan fingerprint density at radius 1 is 1.04 bits per heavy atom. The van der Waals surface area contributed by atoms with Crippen LogP contribution in [0, 0.1) is 0 Å². The molecule has 5 nitrogen and oxygen atoms in total. The number of halogens is 1. The molecule has 0 bridgehead atoms. The summed E-state index contributed by atoms with van der Waals surface area (Å²) in [5.41, 5.74) is 2.06. The zero-order valence-corrected chi connectivity index (χ0v) is 15.1. The maximum absolute atomic E-state index is 12.1. The molecule has 1 amide bonds. The van der Waals surface area contributed by atoms with Gasteiger partial charge < -0.3 is 14.8 Å². The first-order chi connectivity index (χ1) is 12.5. The number of nitrogens with one attached hydrogen (secondary N) is 2. The molecule has 132 valence electrons. The number of benzene rings is 2. The highest BCUT2D eigenvalue weighted by Crippen LogP contribution is 2.23. The standard InChI is InChI=1S/C19H15ClN2O3S/c20-14-5-1-13(2-6-14)18(24)22-19(26)21-15-7-3-12(4-8-15)17-10-9-16(11-23)25-17/h1-10,23H,11H2,(H2,21,22,24,26).